The minimum atomic E-state index is -3.56. The van der Waals surface area contributed by atoms with Gasteiger partial charge in [-0.2, -0.15) is 0 Å². The van der Waals surface area contributed by atoms with Crippen molar-refractivity contribution in [2.24, 2.45) is 0 Å². The second-order valence-electron chi connectivity index (χ2n) is 2.88. The molecule has 0 saturated carbocycles. The highest BCUT2D eigenvalue weighted by molar-refractivity contribution is 7.92. The van der Waals surface area contributed by atoms with Gasteiger partial charge in [-0.15, -0.1) is 0 Å². The van der Waals surface area contributed by atoms with Crippen LogP contribution in [0.4, 0.5) is 0 Å². The largest absolute Gasteiger partial charge is 0.465 e. The van der Waals surface area contributed by atoms with E-state index in [4.69, 9.17) is 0 Å². The van der Waals surface area contributed by atoms with Gasteiger partial charge in [0.15, 0.2) is 15.6 Å². The van der Waals surface area contributed by atoms with Crippen LogP contribution < -0.4 is 0 Å². The predicted octanol–water partition coefficient (Wildman–Crippen LogP) is 1.02. The number of hydrogen-bond donors (Lipinski definition) is 0. The molecule has 1 aromatic rings. The fraction of sp³-hybridized carbons (Fsp3) is 0.300. The van der Waals surface area contributed by atoms with Gasteiger partial charge < -0.3 is 4.74 Å². The summed E-state index contributed by atoms with van der Waals surface area (Å²) in [5.74, 6) is -1.33. The molecule has 5 heteroatoms. The lowest BCUT2D eigenvalue weighted by molar-refractivity contribution is -0.139. The SMILES string of the molecule is CCOC(=O)CS(=O)(=O)[13c]1cccc[13cH]1. The second kappa shape index (κ2) is 4.93. The van der Waals surface area contributed by atoms with Crippen molar-refractivity contribution in [1.29, 1.82) is 0 Å². The molecule has 0 aliphatic rings. The summed E-state index contributed by atoms with van der Waals surface area (Å²) >= 11 is 0. The summed E-state index contributed by atoms with van der Waals surface area (Å²) in [4.78, 5) is 11.2. The molecule has 0 unspecified atom stereocenters. The zero-order valence-corrected chi connectivity index (χ0v) is 9.16. The van der Waals surface area contributed by atoms with Crippen molar-refractivity contribution >= 4 is 15.8 Å². The van der Waals surface area contributed by atoms with E-state index in [0.717, 1.165) is 0 Å². The van der Waals surface area contributed by atoms with Crippen LogP contribution in [-0.4, -0.2) is 26.7 Å². The molecule has 0 spiro atoms. The van der Waals surface area contributed by atoms with Crippen LogP contribution in [0.15, 0.2) is 35.2 Å². The Bertz CT molecular complexity index is 422. The second-order valence-corrected chi connectivity index (χ2v) is 4.87. The number of carbonyl (C=O) groups is 1. The lowest BCUT2D eigenvalue weighted by atomic mass is 10.6. The van der Waals surface area contributed by atoms with Crippen LogP contribution >= 0.6 is 0 Å². The molecule has 15 heavy (non-hydrogen) atoms. The molecular weight excluding hydrogens is 218 g/mol. The molecule has 0 saturated heterocycles. The first-order chi connectivity index (χ1) is 7.06. The summed E-state index contributed by atoms with van der Waals surface area (Å²) in [5, 5.41) is 0. The minimum absolute atomic E-state index is 0.137. The standard InChI is InChI=1S/C10H12O4S/c1-2-14-10(11)8-15(12,13)9-6-4-3-5-7-9/h3-7H,2,8H2,1H3/i6+1,9+1. The average molecular weight is 230 g/mol. The quantitative estimate of drug-likeness (QED) is 0.725. The normalized spacial score (nSPS) is 11.0. The number of ether oxygens (including phenoxy) is 1. The highest BCUT2D eigenvalue weighted by atomic mass is 32.2. The van der Waals surface area contributed by atoms with Crippen LogP contribution in [0.25, 0.3) is 0 Å². The van der Waals surface area contributed by atoms with Crippen molar-refractivity contribution in [3.63, 3.8) is 0 Å². The first-order valence-corrected chi connectivity index (χ1v) is 6.15. The smallest absolute Gasteiger partial charge is 0.321 e. The number of carbonyl (C=O) groups excluding carboxylic acids is 1. The maximum absolute atomic E-state index is 11.6. The monoisotopic (exact) mass is 230 g/mol. The summed E-state index contributed by atoms with van der Waals surface area (Å²) in [7, 11) is -3.56. The third-order valence-corrected chi connectivity index (χ3v) is 3.32. The maximum Gasteiger partial charge on any atom is 0.321 e. The molecule has 0 N–H and O–H groups in total. The highest BCUT2D eigenvalue weighted by Crippen LogP contribution is 2.10. The molecule has 0 fully saturated rings. The zero-order chi connectivity index (χ0) is 11.3. The van der Waals surface area contributed by atoms with Crippen molar-refractivity contribution in [1.82, 2.24) is 0 Å². The maximum atomic E-state index is 11.6. The van der Waals surface area contributed by atoms with Gasteiger partial charge >= 0.3 is 5.97 Å². The van der Waals surface area contributed by atoms with Gasteiger partial charge in [0.25, 0.3) is 0 Å². The van der Waals surface area contributed by atoms with Gasteiger partial charge in [0.2, 0.25) is 0 Å². The Morgan fingerprint density at radius 3 is 2.40 bits per heavy atom. The van der Waals surface area contributed by atoms with Crippen molar-refractivity contribution in [3.8, 4) is 0 Å². The molecule has 0 atom stereocenters. The summed E-state index contributed by atoms with van der Waals surface area (Å²) in [5.41, 5.74) is 0. The predicted molar refractivity (Wildman–Crippen MR) is 55.1 cm³/mol. The van der Waals surface area contributed by atoms with E-state index in [1.165, 1.54) is 12.1 Å². The fourth-order valence-corrected chi connectivity index (χ4v) is 2.20. The van der Waals surface area contributed by atoms with E-state index < -0.39 is 21.6 Å². The van der Waals surface area contributed by atoms with E-state index >= 15 is 0 Å². The number of sulfone groups is 1. The van der Waals surface area contributed by atoms with Gasteiger partial charge in [-0.25, -0.2) is 8.42 Å². The van der Waals surface area contributed by atoms with Crippen LogP contribution in [0.2, 0.25) is 0 Å². The van der Waals surface area contributed by atoms with Crippen molar-refractivity contribution in [2.45, 2.75) is 11.8 Å². The van der Waals surface area contributed by atoms with Crippen LogP contribution in [0, 0.1) is 0 Å². The molecule has 4 nitrogen and oxygen atoms in total. The van der Waals surface area contributed by atoms with Crippen molar-refractivity contribution in [3.05, 3.63) is 30.3 Å². The molecular formula is C10H12O4S. The van der Waals surface area contributed by atoms with Crippen molar-refractivity contribution < 1.29 is 17.9 Å². The lowest BCUT2D eigenvalue weighted by Crippen LogP contribution is -2.18. The van der Waals surface area contributed by atoms with E-state index in [1.54, 1.807) is 25.1 Å². The van der Waals surface area contributed by atoms with Gasteiger partial charge in [-0.05, 0) is 19.1 Å². The zero-order valence-electron chi connectivity index (χ0n) is 8.34. The lowest BCUT2D eigenvalue weighted by Gasteiger charge is -2.03. The van der Waals surface area contributed by atoms with Gasteiger partial charge in [0, 0.05) is 0 Å². The molecule has 0 amide bonds. The number of benzene rings is 1. The molecule has 1 rings (SSSR count). The van der Waals surface area contributed by atoms with E-state index in [-0.39, 0.29) is 11.5 Å². The Kier molecular flexibility index (Phi) is 3.85. The third-order valence-electron chi connectivity index (χ3n) is 1.72. The molecule has 0 heterocycles. The number of rotatable bonds is 4. The van der Waals surface area contributed by atoms with Crippen LogP contribution in [0.1, 0.15) is 6.92 Å². The Morgan fingerprint density at radius 2 is 1.87 bits per heavy atom. The summed E-state index contributed by atoms with van der Waals surface area (Å²) < 4.78 is 27.8. The highest BCUT2D eigenvalue weighted by Gasteiger charge is 2.19. The summed E-state index contributed by atoms with van der Waals surface area (Å²) in [6, 6.07) is 7.84. The van der Waals surface area contributed by atoms with Gasteiger partial charge in [-0.3, -0.25) is 4.79 Å². The first kappa shape index (κ1) is 11.7. The van der Waals surface area contributed by atoms with Gasteiger partial charge in [0.05, 0.1) is 11.5 Å². The van der Waals surface area contributed by atoms with Crippen molar-refractivity contribution in [2.75, 3.05) is 12.4 Å². The molecule has 0 aliphatic carbocycles. The first-order valence-electron chi connectivity index (χ1n) is 4.49. The molecule has 0 radical (unpaired) electrons. The Balaban J connectivity index is 2.81. The topological polar surface area (TPSA) is 60.4 Å². The molecule has 1 aromatic carbocycles. The number of hydrogen-bond acceptors (Lipinski definition) is 4. The van der Waals surface area contributed by atoms with Gasteiger partial charge in [-0.1, -0.05) is 18.2 Å². The summed E-state index contributed by atoms with van der Waals surface area (Å²) in [6.45, 7) is 1.82. The van der Waals surface area contributed by atoms with E-state index in [2.05, 4.69) is 4.74 Å². The summed E-state index contributed by atoms with van der Waals surface area (Å²) in [6.07, 6.45) is 0. The number of esters is 1. The third kappa shape index (κ3) is 3.36. The van der Waals surface area contributed by atoms with E-state index in [0.29, 0.717) is 0 Å². The minimum Gasteiger partial charge on any atom is -0.465 e. The Hall–Kier alpha value is -1.36. The Labute approximate surface area is 88.8 Å². The Morgan fingerprint density at radius 1 is 1.27 bits per heavy atom. The van der Waals surface area contributed by atoms with E-state index in [1.807, 2.05) is 0 Å². The fourth-order valence-electron chi connectivity index (χ4n) is 1.07. The average Bonchev–Trinajstić information content (AvgIpc) is 2.18. The molecule has 82 valence electrons. The van der Waals surface area contributed by atoms with Crippen LogP contribution in [0.3, 0.4) is 0 Å². The molecule has 0 aliphatic heterocycles. The van der Waals surface area contributed by atoms with E-state index in [9.17, 15) is 13.2 Å². The van der Waals surface area contributed by atoms with Crippen LogP contribution in [0.5, 0.6) is 0 Å². The van der Waals surface area contributed by atoms with Gasteiger partial charge in [0.1, 0.15) is 0 Å². The molecule has 0 bridgehead atoms. The molecule has 0 aromatic heterocycles. The van der Waals surface area contributed by atoms with Crippen LogP contribution in [-0.2, 0) is 19.4 Å².